The van der Waals surface area contributed by atoms with Crippen LogP contribution in [0.4, 0.5) is 0 Å². The minimum absolute atomic E-state index is 0.0733. The summed E-state index contributed by atoms with van der Waals surface area (Å²) in [5.74, 6) is 0. The van der Waals surface area contributed by atoms with Crippen LogP contribution in [0.25, 0.3) is 0 Å². The molecule has 0 fully saturated rings. The lowest BCUT2D eigenvalue weighted by Crippen LogP contribution is -2.28. The molecule has 196 valence electrons. The predicted molar refractivity (Wildman–Crippen MR) is 113 cm³/mol. The SMILES string of the molecule is NCCCCCC(O)(P(=O)(O)O)P(=O)(O)O.NCCCCCC(O)(P(=O)(O)O)P(=O)(O)O. The zero-order valence-corrected chi connectivity index (χ0v) is 20.7. The number of rotatable bonds is 14. The maximum atomic E-state index is 10.9. The normalized spacial score (nSPS) is 14.1. The number of aliphatic hydroxyl groups is 2. The average Bonchev–Trinajstić information content (AvgIpc) is 2.58. The molecule has 0 spiro atoms. The third-order valence-corrected chi connectivity index (χ3v) is 12.1. The monoisotopic (exact) mass is 554 g/mol. The molecule has 14 N–H and O–H groups in total. The second-order valence-corrected chi connectivity index (χ2v) is 14.9. The van der Waals surface area contributed by atoms with E-state index in [1.54, 1.807) is 0 Å². The Balaban J connectivity index is 0. The minimum atomic E-state index is -5.30. The Morgan fingerprint density at radius 3 is 0.844 bits per heavy atom. The van der Waals surface area contributed by atoms with E-state index in [9.17, 15) is 28.5 Å². The van der Waals surface area contributed by atoms with Crippen LogP contribution >= 0.6 is 30.4 Å². The molecule has 0 saturated heterocycles. The lowest BCUT2D eigenvalue weighted by atomic mass is 10.2. The second kappa shape index (κ2) is 13.5. The Labute approximate surface area is 184 Å². The summed E-state index contributed by atoms with van der Waals surface area (Å²) in [6.45, 7) is 0.731. The van der Waals surface area contributed by atoms with Gasteiger partial charge in [0.1, 0.15) is 0 Å². The van der Waals surface area contributed by atoms with Crippen molar-refractivity contribution in [2.24, 2.45) is 11.5 Å². The van der Waals surface area contributed by atoms with Crippen molar-refractivity contribution in [3.63, 3.8) is 0 Å². The highest BCUT2D eigenvalue weighted by Crippen LogP contribution is 2.70. The third-order valence-electron chi connectivity index (χ3n) is 4.30. The molecule has 0 radical (unpaired) electrons. The first-order chi connectivity index (χ1) is 14.1. The van der Waals surface area contributed by atoms with Crippen molar-refractivity contribution < 1.29 is 67.6 Å². The standard InChI is InChI=1S/2C6H17NO7P2/c2*7-5-3-1-2-4-6(8,15(9,10)11)16(12,13)14/h2*8H,1-5,7H2,(H2,9,10,11)(H2,12,13,14). The fourth-order valence-corrected chi connectivity index (χ4v) is 6.80. The van der Waals surface area contributed by atoms with Crippen molar-refractivity contribution in [2.45, 2.75) is 61.5 Å². The largest absolute Gasteiger partial charge is 0.369 e. The molecular formula is C12H34N2O14P4. The van der Waals surface area contributed by atoms with Crippen LogP contribution in [-0.2, 0) is 18.3 Å². The summed E-state index contributed by atoms with van der Waals surface area (Å²) in [4.78, 5) is 70.2. The van der Waals surface area contributed by atoms with Gasteiger partial charge in [0.25, 0.3) is 10.2 Å². The highest BCUT2D eigenvalue weighted by molar-refractivity contribution is 7.72. The number of unbranched alkanes of at least 4 members (excludes halogenated alkanes) is 4. The smallest absolute Gasteiger partial charge is 0.368 e. The van der Waals surface area contributed by atoms with E-state index in [1.807, 2.05) is 0 Å². The van der Waals surface area contributed by atoms with Crippen LogP contribution in [0, 0.1) is 0 Å². The molecule has 0 atom stereocenters. The van der Waals surface area contributed by atoms with Gasteiger partial charge in [-0.2, -0.15) is 0 Å². The molecule has 0 unspecified atom stereocenters. The van der Waals surface area contributed by atoms with E-state index >= 15 is 0 Å². The number of hydrogen-bond acceptors (Lipinski definition) is 8. The van der Waals surface area contributed by atoms with E-state index in [2.05, 4.69) is 0 Å². The Morgan fingerprint density at radius 2 is 0.688 bits per heavy atom. The van der Waals surface area contributed by atoms with Crippen LogP contribution in [0.5, 0.6) is 0 Å². The van der Waals surface area contributed by atoms with E-state index in [1.165, 1.54) is 0 Å². The summed E-state index contributed by atoms with van der Waals surface area (Å²) < 4.78 is 43.6. The molecule has 0 aromatic heterocycles. The van der Waals surface area contributed by atoms with E-state index in [0.717, 1.165) is 0 Å². The van der Waals surface area contributed by atoms with E-state index < -0.39 is 53.4 Å². The zero-order chi connectivity index (χ0) is 26.1. The topological polar surface area (TPSA) is 323 Å². The summed E-state index contributed by atoms with van der Waals surface area (Å²) in [6.07, 6.45) is 0.783. The van der Waals surface area contributed by atoms with Crippen LogP contribution in [0.3, 0.4) is 0 Å². The minimum Gasteiger partial charge on any atom is -0.368 e. The molecule has 0 saturated carbocycles. The Hall–Kier alpha value is 0.440. The lowest BCUT2D eigenvalue weighted by Gasteiger charge is -2.29. The van der Waals surface area contributed by atoms with Crippen molar-refractivity contribution in [1.82, 2.24) is 0 Å². The second-order valence-electron chi connectivity index (χ2n) is 6.92. The number of nitrogens with two attached hydrogens (primary N) is 2. The first-order valence-corrected chi connectivity index (χ1v) is 15.6. The van der Waals surface area contributed by atoms with Gasteiger partial charge in [0.05, 0.1) is 0 Å². The van der Waals surface area contributed by atoms with Crippen molar-refractivity contribution in [2.75, 3.05) is 13.1 Å². The first-order valence-electron chi connectivity index (χ1n) is 9.20. The predicted octanol–water partition coefficient (Wildman–Crippen LogP) is -0.986. The lowest BCUT2D eigenvalue weighted by molar-refractivity contribution is 0.120. The van der Waals surface area contributed by atoms with Gasteiger partial charge >= 0.3 is 30.4 Å². The van der Waals surface area contributed by atoms with Gasteiger partial charge in [-0.1, -0.05) is 12.8 Å². The van der Waals surface area contributed by atoms with Gasteiger partial charge in [-0.15, -0.1) is 0 Å². The highest BCUT2D eigenvalue weighted by Gasteiger charge is 2.59. The van der Waals surface area contributed by atoms with E-state index in [4.69, 9.17) is 50.6 Å². The van der Waals surface area contributed by atoms with Crippen LogP contribution in [0.15, 0.2) is 0 Å². The van der Waals surface area contributed by atoms with Gasteiger partial charge in [-0.25, -0.2) is 0 Å². The molecular weight excluding hydrogens is 520 g/mol. The van der Waals surface area contributed by atoms with Crippen LogP contribution in [0.2, 0.25) is 0 Å². The third kappa shape index (κ3) is 10.4. The van der Waals surface area contributed by atoms with Crippen molar-refractivity contribution in [3.8, 4) is 0 Å². The molecule has 0 heterocycles. The average molecular weight is 554 g/mol. The summed E-state index contributed by atoms with van der Waals surface area (Å²) in [6, 6.07) is 0. The molecule has 0 bridgehead atoms. The molecule has 16 nitrogen and oxygen atoms in total. The quantitative estimate of drug-likeness (QED) is 0.0905. The molecule has 20 heteroatoms. The van der Waals surface area contributed by atoms with E-state index in [0.29, 0.717) is 38.8 Å². The zero-order valence-electron chi connectivity index (χ0n) is 17.1. The van der Waals surface area contributed by atoms with E-state index in [-0.39, 0.29) is 12.8 Å². The van der Waals surface area contributed by atoms with Crippen molar-refractivity contribution >= 4 is 30.4 Å². The molecule has 0 amide bonds. The van der Waals surface area contributed by atoms with Gasteiger partial charge < -0.3 is 60.8 Å². The van der Waals surface area contributed by atoms with Crippen molar-refractivity contribution in [1.29, 1.82) is 0 Å². The van der Waals surface area contributed by atoms with Crippen LogP contribution in [0.1, 0.15) is 51.4 Å². The van der Waals surface area contributed by atoms with Gasteiger partial charge in [0.15, 0.2) is 0 Å². The maximum Gasteiger partial charge on any atom is 0.369 e. The number of hydrogen-bond donors (Lipinski definition) is 12. The molecule has 0 aliphatic carbocycles. The molecule has 0 aromatic rings. The van der Waals surface area contributed by atoms with Crippen LogP contribution < -0.4 is 11.5 Å². The van der Waals surface area contributed by atoms with Crippen molar-refractivity contribution in [3.05, 3.63) is 0 Å². The fraction of sp³-hybridized carbons (Fsp3) is 1.00. The summed E-state index contributed by atoms with van der Waals surface area (Å²) in [5, 5.41) is 12.3. The van der Waals surface area contributed by atoms with Gasteiger partial charge in [0, 0.05) is 0 Å². The molecule has 0 rings (SSSR count). The fourth-order valence-electron chi connectivity index (χ4n) is 2.29. The van der Waals surface area contributed by atoms with Crippen LogP contribution in [-0.4, -0.2) is 72.6 Å². The Morgan fingerprint density at radius 1 is 0.469 bits per heavy atom. The molecule has 32 heavy (non-hydrogen) atoms. The summed E-state index contributed by atoms with van der Waals surface area (Å²) >= 11 is 0. The molecule has 0 aliphatic rings. The molecule has 0 aromatic carbocycles. The van der Waals surface area contributed by atoms with Gasteiger partial charge in [-0.05, 0) is 51.6 Å². The highest BCUT2D eigenvalue weighted by atomic mass is 31.2. The van der Waals surface area contributed by atoms with Gasteiger partial charge in [0.2, 0.25) is 0 Å². The molecule has 0 aliphatic heterocycles. The maximum absolute atomic E-state index is 10.9. The summed E-state index contributed by atoms with van der Waals surface area (Å²) in [5.41, 5.74) is 10.4. The first kappa shape index (κ1) is 34.6. The summed E-state index contributed by atoms with van der Waals surface area (Å²) in [7, 11) is -21.2. The Kier molecular flexibility index (Phi) is 14.6. The van der Waals surface area contributed by atoms with Gasteiger partial charge in [-0.3, -0.25) is 18.3 Å². The Bertz CT molecular complexity index is 634.